The molecule has 0 fully saturated rings. The number of aryl methyl sites for hydroxylation is 2. The highest BCUT2D eigenvalue weighted by Gasteiger charge is 2.22. The number of nitrogens with one attached hydrogen (secondary N) is 1. The highest BCUT2D eigenvalue weighted by atomic mass is 32.1. The normalized spacial score (nSPS) is 11.1. The number of rotatable bonds is 7. The van der Waals surface area contributed by atoms with Gasteiger partial charge in [-0.2, -0.15) is 0 Å². The zero-order chi connectivity index (χ0) is 19.4. The van der Waals surface area contributed by atoms with Gasteiger partial charge in [-0.3, -0.25) is 9.69 Å². The van der Waals surface area contributed by atoms with Crippen molar-refractivity contribution in [2.24, 2.45) is 0 Å². The van der Waals surface area contributed by atoms with Gasteiger partial charge in [0.15, 0.2) is 11.7 Å². The topological polar surface area (TPSA) is 46.9 Å². The molecule has 1 amide bonds. The van der Waals surface area contributed by atoms with Crippen LogP contribution in [0.2, 0.25) is 0 Å². The summed E-state index contributed by atoms with van der Waals surface area (Å²) in [5.74, 6) is 0.619. The van der Waals surface area contributed by atoms with Crippen LogP contribution in [0.15, 0.2) is 42.5 Å². The predicted molar refractivity (Wildman–Crippen MR) is 111 cm³/mol. The van der Waals surface area contributed by atoms with Crippen LogP contribution in [0, 0.1) is 13.8 Å². The number of amides is 1. The molecule has 0 aliphatic carbocycles. The molecule has 1 aromatic heterocycles. The van der Waals surface area contributed by atoms with Gasteiger partial charge in [0.25, 0.3) is 5.91 Å². The molecule has 0 atom stereocenters. The van der Waals surface area contributed by atoms with Gasteiger partial charge < -0.3 is 9.64 Å². The number of benzene rings is 2. The van der Waals surface area contributed by atoms with E-state index in [1.54, 1.807) is 16.2 Å². The molecule has 2 aromatic carbocycles. The lowest BCUT2D eigenvalue weighted by Gasteiger charge is -2.20. The zero-order valence-corrected chi connectivity index (χ0v) is 17.1. The molecule has 5 nitrogen and oxygen atoms in total. The molecule has 0 unspecified atom stereocenters. The molecule has 0 bridgehead atoms. The Kier molecular flexibility index (Phi) is 6.08. The number of nitrogens with zero attached hydrogens (tertiary/aromatic N) is 2. The first-order chi connectivity index (χ1) is 12.9. The number of carbonyl (C=O) groups is 1. The van der Waals surface area contributed by atoms with E-state index in [9.17, 15) is 4.79 Å². The first-order valence-corrected chi connectivity index (χ1v) is 9.90. The molecule has 0 spiro atoms. The van der Waals surface area contributed by atoms with E-state index in [2.05, 4.69) is 40.1 Å². The fraction of sp³-hybridized carbons (Fsp3) is 0.333. The Bertz CT molecular complexity index is 922. The second kappa shape index (κ2) is 8.50. The van der Waals surface area contributed by atoms with Crippen LogP contribution < -0.4 is 14.5 Å². The molecule has 6 heteroatoms. The number of aromatic nitrogens is 1. The van der Waals surface area contributed by atoms with Crippen molar-refractivity contribution >= 4 is 32.6 Å². The zero-order valence-electron chi connectivity index (χ0n) is 16.3. The van der Waals surface area contributed by atoms with Crippen LogP contribution in [0.1, 0.15) is 11.1 Å². The number of hydrogen-bond donors (Lipinski definition) is 1. The lowest BCUT2D eigenvalue weighted by Crippen LogP contribution is -3.06. The van der Waals surface area contributed by atoms with E-state index >= 15 is 0 Å². The molecule has 1 heterocycles. The van der Waals surface area contributed by atoms with Crippen molar-refractivity contribution in [3.63, 3.8) is 0 Å². The SMILES string of the molecule is Cc1cc(C)c2sc(N(CC[NH+](C)C)C(=O)COc3ccccc3)nc2c1. The van der Waals surface area contributed by atoms with Crippen molar-refractivity contribution in [2.45, 2.75) is 13.8 Å². The van der Waals surface area contributed by atoms with Gasteiger partial charge in [0.1, 0.15) is 5.75 Å². The van der Waals surface area contributed by atoms with E-state index in [4.69, 9.17) is 9.72 Å². The Hall–Kier alpha value is -2.44. The minimum absolute atomic E-state index is 0.000705. The van der Waals surface area contributed by atoms with Crippen LogP contribution in [0.5, 0.6) is 5.75 Å². The summed E-state index contributed by atoms with van der Waals surface area (Å²) in [7, 11) is 4.16. The largest absolute Gasteiger partial charge is 0.484 e. The van der Waals surface area contributed by atoms with Crippen molar-refractivity contribution in [2.75, 3.05) is 38.7 Å². The number of fused-ring (bicyclic) bond motifs is 1. The lowest BCUT2D eigenvalue weighted by molar-refractivity contribution is -0.856. The molecular formula is C21H26N3O2S+. The Morgan fingerprint density at radius 3 is 2.63 bits per heavy atom. The van der Waals surface area contributed by atoms with Crippen LogP contribution in [0.3, 0.4) is 0 Å². The number of para-hydroxylation sites is 1. The first kappa shape index (κ1) is 19.3. The second-order valence-corrected chi connectivity index (χ2v) is 8.01. The summed E-state index contributed by atoms with van der Waals surface area (Å²) in [4.78, 5) is 20.7. The van der Waals surface area contributed by atoms with Gasteiger partial charge in [0.05, 0.1) is 37.4 Å². The molecule has 1 N–H and O–H groups in total. The molecule has 0 saturated carbocycles. The van der Waals surface area contributed by atoms with Gasteiger partial charge in [-0.15, -0.1) is 0 Å². The van der Waals surface area contributed by atoms with Crippen LogP contribution in [-0.2, 0) is 4.79 Å². The summed E-state index contributed by atoms with van der Waals surface area (Å²) in [5.41, 5.74) is 3.33. The van der Waals surface area contributed by atoms with Crippen molar-refractivity contribution in [3.8, 4) is 5.75 Å². The van der Waals surface area contributed by atoms with Crippen LogP contribution >= 0.6 is 11.3 Å². The van der Waals surface area contributed by atoms with Crippen molar-refractivity contribution in [3.05, 3.63) is 53.6 Å². The maximum absolute atomic E-state index is 12.9. The Morgan fingerprint density at radius 2 is 1.93 bits per heavy atom. The number of carbonyl (C=O) groups excluding carboxylic acids is 1. The molecule has 0 aliphatic heterocycles. The molecule has 0 radical (unpaired) electrons. The lowest BCUT2D eigenvalue weighted by atomic mass is 10.1. The van der Waals surface area contributed by atoms with Crippen molar-refractivity contribution in [1.29, 1.82) is 0 Å². The van der Waals surface area contributed by atoms with E-state index in [1.165, 1.54) is 16.0 Å². The molecular weight excluding hydrogens is 358 g/mol. The number of likely N-dealkylation sites (N-methyl/N-ethyl adjacent to an activating group) is 1. The van der Waals surface area contributed by atoms with Gasteiger partial charge in [-0.1, -0.05) is 35.6 Å². The van der Waals surface area contributed by atoms with Crippen LogP contribution in [0.25, 0.3) is 10.2 Å². The maximum atomic E-state index is 12.9. The van der Waals surface area contributed by atoms with Gasteiger partial charge in [-0.05, 0) is 43.2 Å². The number of quaternary nitrogens is 1. The Labute approximate surface area is 164 Å². The minimum atomic E-state index is -0.0754. The Morgan fingerprint density at radius 1 is 1.19 bits per heavy atom. The average molecular weight is 385 g/mol. The quantitative estimate of drug-likeness (QED) is 0.681. The third-order valence-corrected chi connectivity index (χ3v) is 5.51. The third kappa shape index (κ3) is 4.84. The monoisotopic (exact) mass is 384 g/mol. The van der Waals surface area contributed by atoms with E-state index in [0.717, 1.165) is 21.9 Å². The fourth-order valence-corrected chi connectivity index (χ4v) is 3.94. The van der Waals surface area contributed by atoms with Gasteiger partial charge in [0.2, 0.25) is 0 Å². The summed E-state index contributed by atoms with van der Waals surface area (Å²) in [6, 6.07) is 13.6. The summed E-state index contributed by atoms with van der Waals surface area (Å²) >= 11 is 1.57. The van der Waals surface area contributed by atoms with Crippen molar-refractivity contribution < 1.29 is 14.4 Å². The third-order valence-electron chi connectivity index (χ3n) is 4.28. The number of ether oxygens (including phenoxy) is 1. The number of anilines is 1. The number of hydrogen-bond acceptors (Lipinski definition) is 4. The summed E-state index contributed by atoms with van der Waals surface area (Å²) in [6.45, 7) is 5.60. The first-order valence-electron chi connectivity index (χ1n) is 9.09. The van der Waals surface area contributed by atoms with Gasteiger partial charge in [0, 0.05) is 0 Å². The minimum Gasteiger partial charge on any atom is -0.484 e. The highest BCUT2D eigenvalue weighted by Crippen LogP contribution is 2.32. The van der Waals surface area contributed by atoms with Gasteiger partial charge in [-0.25, -0.2) is 4.98 Å². The molecule has 27 heavy (non-hydrogen) atoms. The maximum Gasteiger partial charge on any atom is 0.266 e. The second-order valence-electron chi connectivity index (χ2n) is 7.03. The molecule has 3 aromatic rings. The molecule has 0 saturated heterocycles. The van der Waals surface area contributed by atoms with E-state index in [-0.39, 0.29) is 12.5 Å². The van der Waals surface area contributed by atoms with E-state index < -0.39 is 0 Å². The highest BCUT2D eigenvalue weighted by molar-refractivity contribution is 7.22. The summed E-state index contributed by atoms with van der Waals surface area (Å²) in [6.07, 6.45) is 0. The van der Waals surface area contributed by atoms with Crippen LogP contribution in [-0.4, -0.2) is 44.7 Å². The fourth-order valence-electron chi connectivity index (χ4n) is 2.88. The molecule has 142 valence electrons. The average Bonchev–Trinajstić information content (AvgIpc) is 3.04. The summed E-state index contributed by atoms with van der Waals surface area (Å²) < 4.78 is 6.81. The van der Waals surface area contributed by atoms with E-state index in [1.807, 2.05) is 30.3 Å². The smallest absolute Gasteiger partial charge is 0.266 e. The molecule has 0 aliphatic rings. The Balaban J connectivity index is 1.84. The standard InChI is InChI=1S/C21H25N3O2S/c1-15-12-16(2)20-18(13-15)22-21(27-20)24(11-10-23(3)4)19(25)14-26-17-8-6-5-7-9-17/h5-9,12-13H,10-11,14H2,1-4H3/p+1. The predicted octanol–water partition coefficient (Wildman–Crippen LogP) is 2.47. The van der Waals surface area contributed by atoms with Gasteiger partial charge >= 0.3 is 0 Å². The summed E-state index contributed by atoms with van der Waals surface area (Å²) in [5, 5.41) is 0.738. The molecule has 3 rings (SSSR count). The van der Waals surface area contributed by atoms with Crippen LogP contribution in [0.4, 0.5) is 5.13 Å². The van der Waals surface area contributed by atoms with Crippen molar-refractivity contribution in [1.82, 2.24) is 4.98 Å². The van der Waals surface area contributed by atoms with E-state index in [0.29, 0.717) is 12.3 Å². The number of thiazole rings is 1.